The van der Waals surface area contributed by atoms with Gasteiger partial charge in [0.15, 0.2) is 16.7 Å². The number of hydrogen-bond acceptors (Lipinski definition) is 9. The molecule has 1 atom stereocenters. The molecule has 10 heteroatoms. The van der Waals surface area contributed by atoms with E-state index in [0.29, 0.717) is 33.5 Å². The molecular formula is C25H20N2O7S. The van der Waals surface area contributed by atoms with Crippen molar-refractivity contribution in [2.45, 2.75) is 6.04 Å². The maximum absolute atomic E-state index is 13.4. The Morgan fingerprint density at radius 2 is 1.80 bits per heavy atom. The molecule has 9 nitrogen and oxygen atoms in total. The van der Waals surface area contributed by atoms with Gasteiger partial charge in [-0.3, -0.25) is 14.5 Å². The summed E-state index contributed by atoms with van der Waals surface area (Å²) in [6, 6.07) is 12.4. The first kappa shape index (κ1) is 22.5. The maximum atomic E-state index is 13.4. The average Bonchev–Trinajstić information content (AvgIpc) is 3.61. The number of Topliss-reactive ketones (excluding diaryl/α,β-unsaturated/α-hetero) is 1. The zero-order chi connectivity index (χ0) is 24.7. The number of ether oxygens (including phenoxy) is 3. The van der Waals surface area contributed by atoms with Gasteiger partial charge in [0.1, 0.15) is 23.3 Å². The second-order valence-electron chi connectivity index (χ2n) is 7.58. The van der Waals surface area contributed by atoms with Crippen LogP contribution in [0.3, 0.4) is 0 Å². The van der Waals surface area contributed by atoms with Gasteiger partial charge in [-0.25, -0.2) is 4.98 Å². The van der Waals surface area contributed by atoms with Crippen LogP contribution < -0.4 is 19.1 Å². The third-order valence-corrected chi connectivity index (χ3v) is 6.74. The molecule has 0 aliphatic carbocycles. The molecule has 35 heavy (non-hydrogen) atoms. The van der Waals surface area contributed by atoms with Crippen molar-refractivity contribution >= 4 is 38.4 Å². The first-order valence-corrected chi connectivity index (χ1v) is 11.3. The Labute approximate surface area is 203 Å². The summed E-state index contributed by atoms with van der Waals surface area (Å²) in [5.74, 6) is -0.558. The quantitative estimate of drug-likeness (QED) is 0.370. The van der Waals surface area contributed by atoms with E-state index in [2.05, 4.69) is 4.98 Å². The molecule has 1 N–H and O–H groups in total. The number of aromatic nitrogens is 1. The Balaban J connectivity index is 1.73. The summed E-state index contributed by atoms with van der Waals surface area (Å²) in [5.41, 5.74) is 0.935. The molecule has 2 aromatic carbocycles. The number of furan rings is 1. The van der Waals surface area contributed by atoms with Gasteiger partial charge in [-0.1, -0.05) is 11.3 Å². The average molecular weight is 493 g/mol. The van der Waals surface area contributed by atoms with E-state index in [9.17, 15) is 14.7 Å². The Kier molecular flexibility index (Phi) is 5.65. The van der Waals surface area contributed by atoms with Crippen molar-refractivity contribution in [3.05, 3.63) is 77.5 Å². The highest BCUT2D eigenvalue weighted by Crippen LogP contribution is 2.47. The Morgan fingerprint density at radius 1 is 1.06 bits per heavy atom. The standard InChI is InChI=1S/C25H20N2O7S/c1-31-13-7-9-17(33-3)15(11-13)21-20(22(28)18-5-4-10-34-18)23(29)24(30)27(21)25-26-16-8-6-14(32-2)12-19(16)35-25/h4-12,21,29H,1-3H3/t21-/m1/s1. The van der Waals surface area contributed by atoms with Crippen LogP contribution in [0.2, 0.25) is 0 Å². The molecule has 5 rings (SSSR count). The summed E-state index contributed by atoms with van der Waals surface area (Å²) in [5, 5.41) is 11.2. The zero-order valence-corrected chi connectivity index (χ0v) is 19.8. The minimum absolute atomic E-state index is 0.0119. The van der Waals surface area contributed by atoms with Gasteiger partial charge >= 0.3 is 0 Å². The minimum atomic E-state index is -1.05. The van der Waals surface area contributed by atoms with Crippen molar-refractivity contribution in [1.29, 1.82) is 0 Å². The monoisotopic (exact) mass is 492 g/mol. The number of aliphatic hydroxyl groups is 1. The minimum Gasteiger partial charge on any atom is -0.503 e. The second-order valence-corrected chi connectivity index (χ2v) is 8.59. The van der Waals surface area contributed by atoms with E-state index in [-0.39, 0.29) is 11.3 Å². The number of hydrogen-bond donors (Lipinski definition) is 1. The van der Waals surface area contributed by atoms with Crippen LogP contribution in [-0.4, -0.2) is 43.1 Å². The van der Waals surface area contributed by atoms with Crippen molar-refractivity contribution < 1.29 is 33.3 Å². The summed E-state index contributed by atoms with van der Waals surface area (Å²) >= 11 is 1.23. The van der Waals surface area contributed by atoms with E-state index in [1.54, 1.807) is 49.6 Å². The van der Waals surface area contributed by atoms with Crippen molar-refractivity contribution in [2.24, 2.45) is 0 Å². The van der Waals surface area contributed by atoms with Crippen molar-refractivity contribution in [3.8, 4) is 17.2 Å². The molecule has 1 aliphatic rings. The molecule has 0 saturated heterocycles. The second kappa shape index (κ2) is 8.80. The number of ketones is 1. The van der Waals surface area contributed by atoms with Gasteiger partial charge in [0.05, 0.1) is 43.4 Å². The molecule has 0 saturated carbocycles. The van der Waals surface area contributed by atoms with Gasteiger partial charge in [0.2, 0.25) is 5.78 Å². The number of anilines is 1. The van der Waals surface area contributed by atoms with Crippen LogP contribution in [0.1, 0.15) is 22.2 Å². The number of carbonyl (C=O) groups is 2. The van der Waals surface area contributed by atoms with Crippen LogP contribution >= 0.6 is 11.3 Å². The fourth-order valence-electron chi connectivity index (χ4n) is 4.05. The van der Waals surface area contributed by atoms with Gasteiger partial charge in [-0.15, -0.1) is 0 Å². The first-order valence-electron chi connectivity index (χ1n) is 10.5. The van der Waals surface area contributed by atoms with Crippen LogP contribution in [0.4, 0.5) is 5.13 Å². The Bertz CT molecular complexity index is 1470. The van der Waals surface area contributed by atoms with Crippen LogP contribution in [0, 0.1) is 0 Å². The van der Waals surface area contributed by atoms with E-state index in [1.807, 2.05) is 0 Å². The molecule has 3 heterocycles. The van der Waals surface area contributed by atoms with Gasteiger partial charge in [-0.2, -0.15) is 0 Å². The topological polar surface area (TPSA) is 111 Å². The molecule has 1 aliphatic heterocycles. The number of thiazole rings is 1. The highest BCUT2D eigenvalue weighted by atomic mass is 32.1. The predicted molar refractivity (Wildman–Crippen MR) is 129 cm³/mol. The molecule has 0 bridgehead atoms. The van der Waals surface area contributed by atoms with E-state index in [1.165, 1.54) is 42.8 Å². The number of rotatable bonds is 7. The summed E-state index contributed by atoms with van der Waals surface area (Å²) in [7, 11) is 4.55. The molecule has 0 fully saturated rings. The van der Waals surface area contributed by atoms with Crippen molar-refractivity contribution in [2.75, 3.05) is 26.2 Å². The van der Waals surface area contributed by atoms with Crippen LogP contribution in [0.25, 0.3) is 10.2 Å². The number of nitrogens with zero attached hydrogens (tertiary/aromatic N) is 2. The molecule has 178 valence electrons. The number of methoxy groups -OCH3 is 3. The Morgan fingerprint density at radius 3 is 2.49 bits per heavy atom. The predicted octanol–water partition coefficient (Wildman–Crippen LogP) is 4.70. The summed E-state index contributed by atoms with van der Waals surface area (Å²) in [6.45, 7) is 0. The Hall–Kier alpha value is -4.31. The third kappa shape index (κ3) is 3.68. The summed E-state index contributed by atoms with van der Waals surface area (Å²) in [6.07, 6.45) is 1.35. The maximum Gasteiger partial charge on any atom is 0.296 e. The van der Waals surface area contributed by atoms with E-state index in [4.69, 9.17) is 18.6 Å². The molecule has 0 unspecified atom stereocenters. The first-order chi connectivity index (χ1) is 17.0. The molecule has 4 aromatic rings. The van der Waals surface area contributed by atoms with E-state index >= 15 is 0 Å². The number of aliphatic hydroxyl groups excluding tert-OH is 1. The number of carbonyl (C=O) groups excluding carboxylic acids is 2. The van der Waals surface area contributed by atoms with E-state index < -0.39 is 23.5 Å². The molecule has 2 aromatic heterocycles. The number of amides is 1. The van der Waals surface area contributed by atoms with Crippen molar-refractivity contribution in [1.82, 2.24) is 4.98 Å². The highest BCUT2D eigenvalue weighted by molar-refractivity contribution is 7.22. The van der Waals surface area contributed by atoms with Gasteiger partial charge < -0.3 is 23.7 Å². The lowest BCUT2D eigenvalue weighted by Crippen LogP contribution is -2.31. The normalized spacial score (nSPS) is 15.7. The fraction of sp³-hybridized carbons (Fsp3) is 0.160. The van der Waals surface area contributed by atoms with Gasteiger partial charge in [0, 0.05) is 5.56 Å². The molecule has 0 radical (unpaired) electrons. The lowest BCUT2D eigenvalue weighted by Gasteiger charge is -2.26. The smallest absolute Gasteiger partial charge is 0.296 e. The molecule has 1 amide bonds. The lowest BCUT2D eigenvalue weighted by atomic mass is 9.94. The van der Waals surface area contributed by atoms with Crippen molar-refractivity contribution in [3.63, 3.8) is 0 Å². The summed E-state index contributed by atoms with van der Waals surface area (Å²) in [4.78, 5) is 32.8. The number of fused-ring (bicyclic) bond motifs is 1. The third-order valence-electron chi connectivity index (χ3n) is 5.72. The highest BCUT2D eigenvalue weighted by Gasteiger charge is 2.47. The molecule has 0 spiro atoms. The largest absolute Gasteiger partial charge is 0.503 e. The van der Waals surface area contributed by atoms with Crippen LogP contribution in [0.15, 0.2) is 70.5 Å². The van der Waals surface area contributed by atoms with Gasteiger partial charge in [0.25, 0.3) is 5.91 Å². The van der Waals surface area contributed by atoms with E-state index in [0.717, 1.165) is 4.70 Å². The number of benzene rings is 2. The fourth-order valence-corrected chi connectivity index (χ4v) is 5.07. The summed E-state index contributed by atoms with van der Waals surface area (Å²) < 4.78 is 22.3. The van der Waals surface area contributed by atoms with Crippen LogP contribution in [-0.2, 0) is 4.79 Å². The zero-order valence-electron chi connectivity index (χ0n) is 19.0. The SMILES string of the molecule is COc1ccc(OC)c([C@@H]2C(C(=O)c3ccco3)=C(O)C(=O)N2c2nc3ccc(OC)cc3s2)c1. The molecular weight excluding hydrogens is 472 g/mol. The van der Waals surface area contributed by atoms with Gasteiger partial charge in [-0.05, 0) is 48.5 Å². The van der Waals surface area contributed by atoms with Crippen LogP contribution in [0.5, 0.6) is 17.2 Å². The lowest BCUT2D eigenvalue weighted by molar-refractivity contribution is -0.117.